The highest BCUT2D eigenvalue weighted by atomic mass is 16.5. The summed E-state index contributed by atoms with van der Waals surface area (Å²) in [5.74, 6) is 0.0759. The Morgan fingerprint density at radius 1 is 0.816 bits per heavy atom. The molecule has 0 aromatic heterocycles. The summed E-state index contributed by atoms with van der Waals surface area (Å²) in [5, 5.41) is 10.8. The molecule has 0 bridgehead atoms. The fourth-order valence-corrected chi connectivity index (χ4v) is 7.51. The number of aliphatic hydroxyl groups excluding tert-OH is 1. The van der Waals surface area contributed by atoms with Gasteiger partial charge in [-0.2, -0.15) is 0 Å². The minimum atomic E-state index is -0.820. The minimum Gasteiger partial charge on any atom is -0.389 e. The van der Waals surface area contributed by atoms with Crippen molar-refractivity contribution in [3.8, 4) is 0 Å². The average Bonchev–Trinajstić information content (AvgIpc) is 2.77. The summed E-state index contributed by atoms with van der Waals surface area (Å²) in [6.45, 7) is 33.6. The van der Waals surface area contributed by atoms with Gasteiger partial charge in [-0.3, -0.25) is 14.6 Å². The molecule has 1 aromatic carbocycles. The predicted molar refractivity (Wildman–Crippen MR) is 160 cm³/mol. The maximum Gasteiger partial charge on any atom is 0.246 e. The third-order valence-corrected chi connectivity index (χ3v) is 10.9. The van der Waals surface area contributed by atoms with Crippen LogP contribution in [0, 0.1) is 34.6 Å². The van der Waals surface area contributed by atoms with Crippen LogP contribution in [0.4, 0.5) is 5.69 Å². The van der Waals surface area contributed by atoms with Gasteiger partial charge < -0.3 is 14.7 Å². The van der Waals surface area contributed by atoms with Gasteiger partial charge in [-0.05, 0) is 132 Å². The summed E-state index contributed by atoms with van der Waals surface area (Å²) in [5.41, 5.74) is 4.68. The lowest BCUT2D eigenvalue weighted by atomic mass is 9.62. The number of carbonyl (C=O) groups excluding carboxylic acids is 1. The van der Waals surface area contributed by atoms with Crippen LogP contribution in [0.15, 0.2) is 0 Å². The lowest BCUT2D eigenvalue weighted by molar-refractivity contribution is -0.243. The summed E-state index contributed by atoms with van der Waals surface area (Å²) >= 11 is 0. The number of hydrogen-bond donors (Lipinski definition) is 1. The van der Waals surface area contributed by atoms with E-state index in [1.807, 2.05) is 11.9 Å². The molecule has 1 aromatic rings. The molecule has 1 amide bonds. The van der Waals surface area contributed by atoms with Crippen LogP contribution < -0.4 is 4.90 Å². The van der Waals surface area contributed by atoms with Crippen LogP contribution in [0.5, 0.6) is 0 Å². The molecule has 1 unspecified atom stereocenters. The average molecular weight is 532 g/mol. The van der Waals surface area contributed by atoms with E-state index < -0.39 is 22.7 Å². The number of benzene rings is 1. The highest BCUT2D eigenvalue weighted by Gasteiger charge is 2.67. The number of nitrogens with zero attached hydrogens (tertiary/aromatic N) is 3. The molecule has 1 aliphatic heterocycles. The number of aliphatic hydroxyl groups is 1. The first-order chi connectivity index (χ1) is 16.9. The lowest BCUT2D eigenvalue weighted by Crippen LogP contribution is -2.88. The zero-order valence-electron chi connectivity index (χ0n) is 27.6. The first-order valence-corrected chi connectivity index (χ1v) is 14.1. The van der Waals surface area contributed by atoms with Crippen molar-refractivity contribution >= 4 is 11.6 Å². The molecule has 1 heterocycles. The Bertz CT molecular complexity index is 1010. The number of hydrogen-bond acceptors (Lipinski definition) is 5. The molecular weight excluding hydrogens is 474 g/mol. The Hall–Kier alpha value is -1.47. The van der Waals surface area contributed by atoms with Gasteiger partial charge >= 0.3 is 0 Å². The molecule has 1 atom stereocenters. The second kappa shape index (κ2) is 10.2. The van der Waals surface area contributed by atoms with Crippen LogP contribution in [0.1, 0.15) is 97.1 Å². The van der Waals surface area contributed by atoms with Gasteiger partial charge in [0.15, 0.2) is 0 Å². The van der Waals surface area contributed by atoms with Crippen molar-refractivity contribution in [2.24, 2.45) is 0 Å². The molecular formula is C32H57N3O3. The molecule has 1 N–H and O–H groups in total. The van der Waals surface area contributed by atoms with Gasteiger partial charge in [-0.1, -0.05) is 0 Å². The van der Waals surface area contributed by atoms with Crippen LogP contribution >= 0.6 is 0 Å². The van der Waals surface area contributed by atoms with Crippen molar-refractivity contribution in [1.82, 2.24) is 9.80 Å². The molecule has 218 valence electrons. The molecule has 0 spiro atoms. The molecule has 1 aliphatic rings. The van der Waals surface area contributed by atoms with Crippen LogP contribution in [0.3, 0.4) is 0 Å². The number of rotatable bonds is 7. The third-order valence-electron chi connectivity index (χ3n) is 10.9. The quantitative estimate of drug-likeness (QED) is 0.488. The van der Waals surface area contributed by atoms with E-state index in [-0.39, 0.29) is 23.6 Å². The maximum absolute atomic E-state index is 14.6. The Balaban J connectivity index is 2.71. The number of carbonyl (C=O) groups is 1. The van der Waals surface area contributed by atoms with Crippen LogP contribution in [-0.4, -0.2) is 81.9 Å². The number of likely N-dealkylation sites (N-methyl/N-ethyl adjacent to an activating group) is 1. The van der Waals surface area contributed by atoms with Crippen molar-refractivity contribution in [1.29, 1.82) is 0 Å². The van der Waals surface area contributed by atoms with E-state index in [0.29, 0.717) is 6.54 Å². The maximum atomic E-state index is 14.6. The van der Waals surface area contributed by atoms with Gasteiger partial charge in [-0.25, -0.2) is 0 Å². The van der Waals surface area contributed by atoms with Crippen LogP contribution in [-0.2, 0) is 9.53 Å². The Morgan fingerprint density at radius 2 is 1.18 bits per heavy atom. The van der Waals surface area contributed by atoms with Gasteiger partial charge in [0.1, 0.15) is 0 Å². The molecule has 6 heteroatoms. The van der Waals surface area contributed by atoms with Gasteiger partial charge in [0.05, 0.1) is 18.2 Å². The van der Waals surface area contributed by atoms with E-state index in [1.165, 1.54) is 16.7 Å². The second-order valence-electron chi connectivity index (χ2n) is 14.2. The third kappa shape index (κ3) is 4.63. The molecule has 0 saturated carbocycles. The van der Waals surface area contributed by atoms with E-state index in [9.17, 15) is 9.90 Å². The van der Waals surface area contributed by atoms with Crippen molar-refractivity contribution in [2.45, 2.75) is 138 Å². The number of β-amino-alcohol motifs (C(OH)–C–C–N with tert-alkyl or cyclic N) is 1. The van der Waals surface area contributed by atoms with E-state index in [1.54, 1.807) is 7.11 Å². The lowest BCUT2D eigenvalue weighted by Gasteiger charge is -2.74. The SMILES string of the molecule is COCC(O)CN1C(C)(C)C(C)(C)N(C(C)(C)C(=O)N(C)c2c(C)c(C)c(C)c(C)c2C)C(C)(C)C1(C)C. The van der Waals surface area contributed by atoms with Gasteiger partial charge in [0, 0.05) is 48.5 Å². The first-order valence-electron chi connectivity index (χ1n) is 14.1. The number of piperazine rings is 1. The Morgan fingerprint density at radius 3 is 1.55 bits per heavy atom. The normalized spacial score (nSPS) is 21.8. The highest BCUT2D eigenvalue weighted by molar-refractivity contribution is 6.01. The minimum absolute atomic E-state index is 0.0759. The van der Waals surface area contributed by atoms with E-state index in [2.05, 4.69) is 114 Å². The molecule has 0 radical (unpaired) electrons. The zero-order valence-corrected chi connectivity index (χ0v) is 27.6. The largest absolute Gasteiger partial charge is 0.389 e. The fraction of sp³-hybridized carbons (Fsp3) is 0.781. The van der Waals surface area contributed by atoms with Crippen molar-refractivity contribution in [2.75, 3.05) is 32.2 Å². The standard InChI is InChI=1S/C32H57N3O3/c1-20-21(2)23(4)26(24(5)22(20)3)33(16)27(37)28(6,7)35-31(12,13)29(8,9)34(18-25(36)19-38-17)30(10,11)32(35,14)15/h25,36H,18-19H2,1-17H3. The number of amides is 1. The summed E-state index contributed by atoms with van der Waals surface area (Å²) in [4.78, 5) is 21.4. The zero-order chi connectivity index (χ0) is 30.0. The van der Waals surface area contributed by atoms with E-state index in [0.717, 1.165) is 16.8 Å². The van der Waals surface area contributed by atoms with Gasteiger partial charge in [0.2, 0.25) is 5.91 Å². The topological polar surface area (TPSA) is 56.3 Å². The first kappa shape index (κ1) is 32.7. The summed E-state index contributed by atoms with van der Waals surface area (Å²) in [7, 11) is 3.55. The molecule has 6 nitrogen and oxygen atoms in total. The Kier molecular flexibility index (Phi) is 8.77. The Labute approximate surface area is 233 Å². The summed E-state index contributed by atoms with van der Waals surface area (Å²) in [6, 6.07) is 0. The molecule has 0 aliphatic carbocycles. The fourth-order valence-electron chi connectivity index (χ4n) is 7.51. The van der Waals surface area contributed by atoms with Crippen molar-refractivity contribution in [3.05, 3.63) is 27.8 Å². The van der Waals surface area contributed by atoms with Crippen LogP contribution in [0.25, 0.3) is 0 Å². The van der Waals surface area contributed by atoms with E-state index >= 15 is 0 Å². The van der Waals surface area contributed by atoms with Gasteiger partial charge in [0.25, 0.3) is 0 Å². The van der Waals surface area contributed by atoms with Crippen molar-refractivity contribution in [3.63, 3.8) is 0 Å². The predicted octanol–water partition coefficient (Wildman–Crippen LogP) is 5.71. The molecule has 38 heavy (non-hydrogen) atoms. The van der Waals surface area contributed by atoms with Crippen molar-refractivity contribution < 1.29 is 14.6 Å². The molecule has 1 saturated heterocycles. The number of methoxy groups -OCH3 is 1. The van der Waals surface area contributed by atoms with Crippen LogP contribution in [0.2, 0.25) is 0 Å². The second-order valence-corrected chi connectivity index (χ2v) is 14.2. The summed E-state index contributed by atoms with van der Waals surface area (Å²) in [6.07, 6.45) is -0.601. The number of anilines is 1. The highest BCUT2D eigenvalue weighted by Crippen LogP contribution is 2.54. The monoisotopic (exact) mass is 531 g/mol. The molecule has 1 fully saturated rings. The van der Waals surface area contributed by atoms with E-state index in [4.69, 9.17) is 4.74 Å². The molecule has 2 rings (SSSR count). The van der Waals surface area contributed by atoms with Gasteiger partial charge in [-0.15, -0.1) is 0 Å². The smallest absolute Gasteiger partial charge is 0.246 e. The summed E-state index contributed by atoms with van der Waals surface area (Å²) < 4.78 is 5.27. The number of ether oxygens (including phenoxy) is 1.